The van der Waals surface area contributed by atoms with Crippen LogP contribution in [0.2, 0.25) is 0 Å². The number of hydrogen-bond acceptors (Lipinski definition) is 5. The predicted molar refractivity (Wildman–Crippen MR) is 110 cm³/mol. The van der Waals surface area contributed by atoms with Gasteiger partial charge in [-0.05, 0) is 48.1 Å². The molecule has 3 rings (SSSR count). The maximum atomic E-state index is 12.5. The zero-order valence-corrected chi connectivity index (χ0v) is 16.4. The largest absolute Gasteiger partial charge is 0.381 e. The minimum atomic E-state index is -0.968. The van der Waals surface area contributed by atoms with Crippen molar-refractivity contribution in [3.63, 3.8) is 0 Å². The fourth-order valence-corrected chi connectivity index (χ4v) is 3.43. The predicted octanol–water partition coefficient (Wildman–Crippen LogP) is 2.59. The number of carbonyl (C=O) groups excluding carboxylic acids is 1. The van der Waals surface area contributed by atoms with Gasteiger partial charge in [-0.3, -0.25) is 4.79 Å². The lowest BCUT2D eigenvalue weighted by Gasteiger charge is -2.32. The third-order valence-electron chi connectivity index (χ3n) is 5.37. The van der Waals surface area contributed by atoms with Gasteiger partial charge in [-0.15, -0.1) is 0 Å². The van der Waals surface area contributed by atoms with E-state index in [1.165, 1.54) is 0 Å². The molecular weight excluding hydrogens is 364 g/mol. The van der Waals surface area contributed by atoms with Gasteiger partial charge in [0.1, 0.15) is 6.04 Å². The molecule has 1 amide bonds. The molecule has 0 aromatic heterocycles. The Kier molecular flexibility index (Phi) is 6.29. The number of aryl methyl sites for hydroxylation is 1. The van der Waals surface area contributed by atoms with Gasteiger partial charge in [-0.25, -0.2) is 0 Å². The molecule has 0 saturated carbocycles. The van der Waals surface area contributed by atoms with Crippen LogP contribution in [-0.2, 0) is 16.0 Å². The molecule has 1 fully saturated rings. The summed E-state index contributed by atoms with van der Waals surface area (Å²) in [5.74, 6) is -0.294. The molecule has 0 aliphatic carbocycles. The van der Waals surface area contributed by atoms with Gasteiger partial charge in [0.05, 0.1) is 23.2 Å². The van der Waals surface area contributed by atoms with E-state index in [9.17, 15) is 10.1 Å². The number of rotatable bonds is 5. The molecule has 0 spiro atoms. The number of ether oxygens (including phenoxy) is 1. The van der Waals surface area contributed by atoms with Crippen LogP contribution >= 0.6 is 0 Å². The first-order valence-electron chi connectivity index (χ1n) is 9.62. The SMILES string of the molecule is Cc1cc(-c2ccc(C[C@@H](C#N)NC(=O)C3(N)CCOCC3)cc2)ccc1C#N. The van der Waals surface area contributed by atoms with E-state index in [2.05, 4.69) is 17.5 Å². The summed E-state index contributed by atoms with van der Waals surface area (Å²) in [6.07, 6.45) is 1.31. The summed E-state index contributed by atoms with van der Waals surface area (Å²) in [4.78, 5) is 12.5. The number of benzene rings is 2. The zero-order chi connectivity index (χ0) is 20.9. The van der Waals surface area contributed by atoms with E-state index in [1.54, 1.807) is 0 Å². The maximum absolute atomic E-state index is 12.5. The van der Waals surface area contributed by atoms with E-state index in [0.717, 1.165) is 22.3 Å². The summed E-state index contributed by atoms with van der Waals surface area (Å²) in [6.45, 7) is 2.83. The summed E-state index contributed by atoms with van der Waals surface area (Å²) in [6, 6.07) is 17.3. The lowest BCUT2D eigenvalue weighted by atomic mass is 9.90. The molecule has 1 heterocycles. The Morgan fingerprint density at radius 3 is 2.41 bits per heavy atom. The highest BCUT2D eigenvalue weighted by atomic mass is 16.5. The summed E-state index contributed by atoms with van der Waals surface area (Å²) in [7, 11) is 0. The molecule has 1 aliphatic heterocycles. The second kappa shape index (κ2) is 8.87. The molecule has 0 bridgehead atoms. The van der Waals surface area contributed by atoms with Gasteiger partial charge in [-0.2, -0.15) is 10.5 Å². The Balaban J connectivity index is 1.66. The third kappa shape index (κ3) is 4.81. The van der Waals surface area contributed by atoms with Gasteiger partial charge >= 0.3 is 0 Å². The van der Waals surface area contributed by atoms with E-state index in [0.29, 0.717) is 38.0 Å². The monoisotopic (exact) mass is 388 g/mol. The van der Waals surface area contributed by atoms with Crippen molar-refractivity contribution in [2.24, 2.45) is 5.73 Å². The van der Waals surface area contributed by atoms with Crippen molar-refractivity contribution >= 4 is 5.91 Å². The third-order valence-corrected chi connectivity index (χ3v) is 5.37. The highest BCUT2D eigenvalue weighted by molar-refractivity contribution is 5.86. The van der Waals surface area contributed by atoms with Crippen molar-refractivity contribution in [2.45, 2.75) is 37.8 Å². The van der Waals surface area contributed by atoms with Gasteiger partial charge in [0.25, 0.3) is 0 Å². The minimum Gasteiger partial charge on any atom is -0.381 e. The number of nitrogens with one attached hydrogen (secondary N) is 1. The van der Waals surface area contributed by atoms with Crippen LogP contribution in [0, 0.1) is 29.6 Å². The van der Waals surface area contributed by atoms with E-state index in [-0.39, 0.29) is 5.91 Å². The number of hydrogen-bond donors (Lipinski definition) is 2. The van der Waals surface area contributed by atoms with Crippen LogP contribution in [0.5, 0.6) is 0 Å². The maximum Gasteiger partial charge on any atom is 0.241 e. The molecule has 0 radical (unpaired) electrons. The smallest absolute Gasteiger partial charge is 0.241 e. The quantitative estimate of drug-likeness (QED) is 0.818. The van der Waals surface area contributed by atoms with Gasteiger partial charge in [-0.1, -0.05) is 36.4 Å². The summed E-state index contributed by atoms with van der Waals surface area (Å²) in [5.41, 5.74) is 9.84. The highest BCUT2D eigenvalue weighted by Gasteiger charge is 2.36. The molecular formula is C23H24N4O2. The first kappa shape index (κ1) is 20.5. The fourth-order valence-electron chi connectivity index (χ4n) is 3.43. The van der Waals surface area contributed by atoms with Crippen molar-refractivity contribution in [1.82, 2.24) is 5.32 Å². The van der Waals surface area contributed by atoms with Crippen molar-refractivity contribution in [3.05, 3.63) is 59.2 Å². The molecule has 2 aromatic carbocycles. The highest BCUT2D eigenvalue weighted by Crippen LogP contribution is 2.23. The second-order valence-electron chi connectivity index (χ2n) is 7.47. The molecule has 148 valence electrons. The molecule has 6 heteroatoms. The van der Waals surface area contributed by atoms with Crippen molar-refractivity contribution in [2.75, 3.05) is 13.2 Å². The lowest BCUT2D eigenvalue weighted by molar-refractivity contribution is -0.130. The average Bonchev–Trinajstić information content (AvgIpc) is 2.74. The molecule has 0 unspecified atom stereocenters. The van der Waals surface area contributed by atoms with Crippen LogP contribution in [0.25, 0.3) is 11.1 Å². The van der Waals surface area contributed by atoms with E-state index >= 15 is 0 Å². The average molecular weight is 388 g/mol. The van der Waals surface area contributed by atoms with Gasteiger partial charge < -0.3 is 15.8 Å². The molecule has 6 nitrogen and oxygen atoms in total. The Morgan fingerprint density at radius 2 is 1.83 bits per heavy atom. The number of nitrogens with zero attached hydrogens (tertiary/aromatic N) is 2. The number of nitriles is 2. The fraction of sp³-hybridized carbons (Fsp3) is 0.348. The molecule has 29 heavy (non-hydrogen) atoms. The second-order valence-corrected chi connectivity index (χ2v) is 7.47. The normalized spacial score (nSPS) is 16.3. The van der Waals surface area contributed by atoms with Crippen LogP contribution in [0.4, 0.5) is 0 Å². The van der Waals surface area contributed by atoms with Crippen molar-refractivity contribution < 1.29 is 9.53 Å². The van der Waals surface area contributed by atoms with Crippen LogP contribution in [-0.4, -0.2) is 30.7 Å². The van der Waals surface area contributed by atoms with Crippen molar-refractivity contribution in [3.8, 4) is 23.3 Å². The number of nitrogens with two attached hydrogens (primary N) is 1. The van der Waals surface area contributed by atoms with Gasteiger partial charge in [0, 0.05) is 19.6 Å². The summed E-state index contributed by atoms with van der Waals surface area (Å²) in [5, 5.41) is 21.3. The molecule has 3 N–H and O–H groups in total. The van der Waals surface area contributed by atoms with Crippen LogP contribution in [0.15, 0.2) is 42.5 Å². The van der Waals surface area contributed by atoms with Crippen LogP contribution in [0.3, 0.4) is 0 Å². The van der Waals surface area contributed by atoms with E-state index < -0.39 is 11.6 Å². The van der Waals surface area contributed by atoms with E-state index in [1.807, 2.05) is 49.4 Å². The molecule has 1 atom stereocenters. The number of amides is 1. The first-order chi connectivity index (χ1) is 13.9. The molecule has 2 aromatic rings. The van der Waals surface area contributed by atoms with Crippen LogP contribution < -0.4 is 11.1 Å². The van der Waals surface area contributed by atoms with Crippen molar-refractivity contribution in [1.29, 1.82) is 10.5 Å². The van der Waals surface area contributed by atoms with Crippen LogP contribution in [0.1, 0.15) is 29.5 Å². The zero-order valence-electron chi connectivity index (χ0n) is 16.4. The van der Waals surface area contributed by atoms with E-state index in [4.69, 9.17) is 15.7 Å². The Hall–Kier alpha value is -3.19. The van der Waals surface area contributed by atoms with Gasteiger partial charge in [0.2, 0.25) is 5.91 Å². The van der Waals surface area contributed by atoms with Gasteiger partial charge in [0.15, 0.2) is 0 Å². The lowest BCUT2D eigenvalue weighted by Crippen LogP contribution is -2.58. The summed E-state index contributed by atoms with van der Waals surface area (Å²) >= 11 is 0. The molecule has 1 aliphatic rings. The summed E-state index contributed by atoms with van der Waals surface area (Å²) < 4.78 is 5.27. The standard InChI is InChI=1S/C23H24N4O2/c1-16-12-19(6-7-20(16)14-24)18-4-2-17(3-5-18)13-21(15-25)27-22(28)23(26)8-10-29-11-9-23/h2-7,12,21H,8-11,13,26H2,1H3,(H,27,28)/t21-/m0/s1. The Bertz CT molecular complexity index is 964. The topological polar surface area (TPSA) is 112 Å². The molecule has 1 saturated heterocycles. The number of carbonyl (C=O) groups is 1. The Morgan fingerprint density at radius 1 is 1.17 bits per heavy atom. The minimum absolute atomic E-state index is 0.294. The first-order valence-corrected chi connectivity index (χ1v) is 9.62. The Labute approximate surface area is 170 Å².